The van der Waals surface area contributed by atoms with Crippen LogP contribution in [0.25, 0.3) is 5.69 Å². The SMILES string of the molecule is CC1(C)CCc2c1nc1c(c2NC(=O)N=[S@](N)(=O)c2ccn(-c3ccccc3)n2)CCC1. The van der Waals surface area contributed by atoms with Crippen LogP contribution in [-0.4, -0.2) is 25.0 Å². The van der Waals surface area contributed by atoms with E-state index in [1.165, 1.54) is 6.07 Å². The minimum atomic E-state index is -3.50. The molecule has 0 aliphatic heterocycles. The van der Waals surface area contributed by atoms with Crippen molar-refractivity contribution in [3.63, 3.8) is 0 Å². The summed E-state index contributed by atoms with van der Waals surface area (Å²) in [4.78, 5) is 17.8. The maximum Gasteiger partial charge on any atom is 0.354 e. The van der Waals surface area contributed by atoms with Crippen molar-refractivity contribution >= 4 is 21.6 Å². The number of benzene rings is 1. The molecule has 32 heavy (non-hydrogen) atoms. The molecule has 2 aromatic heterocycles. The number of para-hydroxylation sites is 1. The Morgan fingerprint density at radius 2 is 1.94 bits per heavy atom. The van der Waals surface area contributed by atoms with E-state index in [1.807, 2.05) is 30.3 Å². The van der Waals surface area contributed by atoms with Gasteiger partial charge < -0.3 is 5.32 Å². The van der Waals surface area contributed by atoms with E-state index < -0.39 is 15.9 Å². The van der Waals surface area contributed by atoms with E-state index in [4.69, 9.17) is 10.1 Å². The maximum absolute atomic E-state index is 13.1. The van der Waals surface area contributed by atoms with Gasteiger partial charge in [-0.1, -0.05) is 32.0 Å². The molecule has 3 aromatic rings. The third-order valence-corrected chi connectivity index (χ3v) is 7.56. The number of nitrogens with zero attached hydrogens (tertiary/aromatic N) is 4. The molecule has 2 aliphatic rings. The molecule has 0 saturated heterocycles. The molecule has 2 amide bonds. The number of nitrogens with two attached hydrogens (primary N) is 1. The van der Waals surface area contributed by atoms with Crippen LogP contribution in [-0.2, 0) is 34.6 Å². The first-order chi connectivity index (χ1) is 15.2. The smallest absolute Gasteiger partial charge is 0.305 e. The Bertz CT molecular complexity index is 1340. The first kappa shape index (κ1) is 20.8. The summed E-state index contributed by atoms with van der Waals surface area (Å²) >= 11 is 0. The van der Waals surface area contributed by atoms with Crippen molar-refractivity contribution in [2.24, 2.45) is 9.50 Å². The van der Waals surface area contributed by atoms with Crippen molar-refractivity contribution in [2.75, 3.05) is 5.32 Å². The number of hydrogen-bond donors (Lipinski definition) is 2. The fourth-order valence-corrected chi connectivity index (χ4v) is 5.47. The lowest BCUT2D eigenvalue weighted by Gasteiger charge is -2.20. The second kappa shape index (κ2) is 7.53. The molecule has 2 aliphatic carbocycles. The number of rotatable bonds is 3. The number of aryl methyl sites for hydroxylation is 1. The fourth-order valence-electron chi connectivity index (χ4n) is 4.62. The number of pyridine rings is 1. The number of urea groups is 1. The minimum absolute atomic E-state index is 0.0325. The highest BCUT2D eigenvalue weighted by Crippen LogP contribution is 2.44. The number of carbonyl (C=O) groups is 1. The van der Waals surface area contributed by atoms with Gasteiger partial charge in [-0.25, -0.2) is 18.8 Å². The van der Waals surface area contributed by atoms with Crippen LogP contribution in [0.1, 0.15) is 49.2 Å². The Hall–Kier alpha value is -3.04. The van der Waals surface area contributed by atoms with Crippen LogP contribution < -0.4 is 10.5 Å². The number of carbonyl (C=O) groups excluding carboxylic acids is 1. The van der Waals surface area contributed by atoms with Crippen LogP contribution in [0.5, 0.6) is 0 Å². The largest absolute Gasteiger partial charge is 0.354 e. The molecule has 0 radical (unpaired) electrons. The number of hydrogen-bond acceptors (Lipinski definition) is 4. The van der Waals surface area contributed by atoms with E-state index in [-0.39, 0.29) is 10.4 Å². The summed E-state index contributed by atoms with van der Waals surface area (Å²) < 4.78 is 18.4. The predicted molar refractivity (Wildman–Crippen MR) is 123 cm³/mol. The molecule has 0 spiro atoms. The average molecular weight is 451 g/mol. The molecule has 0 saturated carbocycles. The van der Waals surface area contributed by atoms with Crippen LogP contribution >= 0.6 is 0 Å². The monoisotopic (exact) mass is 450 g/mol. The molecular weight excluding hydrogens is 424 g/mol. The maximum atomic E-state index is 13.1. The number of aromatic nitrogens is 3. The van der Waals surface area contributed by atoms with Crippen LogP contribution in [0.15, 0.2) is 52.0 Å². The van der Waals surface area contributed by atoms with E-state index in [2.05, 4.69) is 28.6 Å². The van der Waals surface area contributed by atoms with E-state index >= 15 is 0 Å². The molecule has 3 N–H and O–H groups in total. The Balaban J connectivity index is 1.47. The Labute approximate surface area is 187 Å². The van der Waals surface area contributed by atoms with Crippen molar-refractivity contribution in [3.8, 4) is 5.69 Å². The molecule has 1 atom stereocenters. The number of amides is 2. The van der Waals surface area contributed by atoms with E-state index in [0.29, 0.717) is 0 Å². The first-order valence-corrected chi connectivity index (χ1v) is 12.3. The van der Waals surface area contributed by atoms with Crippen molar-refractivity contribution < 1.29 is 9.00 Å². The second-order valence-corrected chi connectivity index (χ2v) is 10.7. The molecule has 166 valence electrons. The molecule has 0 unspecified atom stereocenters. The van der Waals surface area contributed by atoms with Crippen LogP contribution in [0.2, 0.25) is 0 Å². The summed E-state index contributed by atoms with van der Waals surface area (Å²) in [5, 5.41) is 13.2. The van der Waals surface area contributed by atoms with Gasteiger partial charge in [-0.3, -0.25) is 4.98 Å². The lowest BCUT2D eigenvalue weighted by atomic mass is 9.90. The van der Waals surface area contributed by atoms with E-state index in [0.717, 1.165) is 66.0 Å². The second-order valence-electron chi connectivity index (χ2n) is 9.00. The number of nitrogens with one attached hydrogen (secondary N) is 1. The molecule has 8 nitrogen and oxygen atoms in total. The Kier molecular flexibility index (Phi) is 4.90. The van der Waals surface area contributed by atoms with Crippen molar-refractivity contribution in [1.82, 2.24) is 14.8 Å². The minimum Gasteiger partial charge on any atom is -0.305 e. The van der Waals surface area contributed by atoms with Gasteiger partial charge in [0.05, 0.1) is 17.1 Å². The van der Waals surface area contributed by atoms with Gasteiger partial charge in [-0.05, 0) is 61.4 Å². The van der Waals surface area contributed by atoms with Gasteiger partial charge in [0, 0.05) is 17.3 Å². The van der Waals surface area contributed by atoms with Crippen molar-refractivity contribution in [1.29, 1.82) is 0 Å². The summed E-state index contributed by atoms with van der Waals surface area (Å²) in [6, 6.07) is 10.2. The zero-order valence-electron chi connectivity index (χ0n) is 18.2. The van der Waals surface area contributed by atoms with Gasteiger partial charge in [-0.15, -0.1) is 4.36 Å². The molecule has 1 aromatic carbocycles. The standard InChI is InChI=1S/C23H26N6O2S/c1-23(2)13-11-17-20(16-9-6-10-18(16)25-21(17)23)26-22(30)28-32(24,31)19-12-14-29(27-19)15-7-4-3-5-8-15/h3-5,7-8,12,14H,6,9-11,13H2,1-2H3,(H3,24,25,26,28,30,31)/t32-/m0/s1. The van der Waals surface area contributed by atoms with Crippen molar-refractivity contribution in [3.05, 3.63) is 65.1 Å². The van der Waals surface area contributed by atoms with Crippen LogP contribution in [0.3, 0.4) is 0 Å². The molecule has 9 heteroatoms. The zero-order chi connectivity index (χ0) is 22.5. The summed E-state index contributed by atoms with van der Waals surface area (Å²) in [5.74, 6) is 0. The summed E-state index contributed by atoms with van der Waals surface area (Å²) in [6.45, 7) is 4.36. The van der Waals surface area contributed by atoms with Gasteiger partial charge >= 0.3 is 6.03 Å². The first-order valence-electron chi connectivity index (χ1n) is 10.8. The van der Waals surface area contributed by atoms with Crippen LogP contribution in [0, 0.1) is 0 Å². The fraction of sp³-hybridized carbons (Fsp3) is 0.348. The summed E-state index contributed by atoms with van der Waals surface area (Å²) in [5.41, 5.74) is 5.77. The van der Waals surface area contributed by atoms with Crippen molar-refractivity contribution in [2.45, 2.75) is 56.4 Å². The number of anilines is 1. The third kappa shape index (κ3) is 3.61. The van der Waals surface area contributed by atoms with E-state index in [1.54, 1.807) is 10.9 Å². The third-order valence-electron chi connectivity index (χ3n) is 6.30. The average Bonchev–Trinajstić information content (AvgIpc) is 3.48. The quantitative estimate of drug-likeness (QED) is 0.629. The normalized spacial score (nSPS) is 18.0. The topological polar surface area (TPSA) is 115 Å². The van der Waals surface area contributed by atoms with Gasteiger partial charge in [0.2, 0.25) is 0 Å². The predicted octanol–water partition coefficient (Wildman–Crippen LogP) is 3.91. The van der Waals surface area contributed by atoms with Crippen LogP contribution in [0.4, 0.5) is 10.5 Å². The van der Waals surface area contributed by atoms with E-state index in [9.17, 15) is 9.00 Å². The number of fused-ring (bicyclic) bond motifs is 2. The Morgan fingerprint density at radius 3 is 2.72 bits per heavy atom. The molecule has 5 rings (SSSR count). The lowest BCUT2D eigenvalue weighted by molar-refractivity contribution is 0.260. The highest BCUT2D eigenvalue weighted by Gasteiger charge is 2.36. The highest BCUT2D eigenvalue weighted by molar-refractivity contribution is 7.91. The molecule has 0 fully saturated rings. The highest BCUT2D eigenvalue weighted by atomic mass is 32.2. The summed E-state index contributed by atoms with van der Waals surface area (Å²) in [7, 11) is -3.50. The van der Waals surface area contributed by atoms with Gasteiger partial charge in [0.15, 0.2) is 14.9 Å². The molecule has 0 bridgehead atoms. The van der Waals surface area contributed by atoms with Gasteiger partial charge in [0.1, 0.15) is 0 Å². The van der Waals surface area contributed by atoms with Gasteiger partial charge in [-0.2, -0.15) is 5.10 Å². The van der Waals surface area contributed by atoms with Gasteiger partial charge in [0.25, 0.3) is 0 Å². The lowest BCUT2D eigenvalue weighted by Crippen LogP contribution is -2.20. The summed E-state index contributed by atoms with van der Waals surface area (Å²) in [6.07, 6.45) is 6.25. The molecular formula is C23H26N6O2S. The zero-order valence-corrected chi connectivity index (χ0v) is 19.0. The molecule has 2 heterocycles. The Morgan fingerprint density at radius 1 is 1.16 bits per heavy atom.